The van der Waals surface area contributed by atoms with Crippen molar-refractivity contribution in [2.45, 2.75) is 26.2 Å². The molecule has 1 aliphatic heterocycles. The number of carbonyl (C=O) groups is 3. The van der Waals surface area contributed by atoms with E-state index in [1.807, 2.05) is 6.92 Å². The van der Waals surface area contributed by atoms with Gasteiger partial charge in [-0.2, -0.15) is 0 Å². The average molecular weight is 287 g/mol. The molecular formula is C16H17NO4. The highest BCUT2D eigenvalue weighted by molar-refractivity contribution is 6.28. The number of anilines is 1. The predicted molar refractivity (Wildman–Crippen MR) is 77.7 cm³/mol. The molecule has 1 unspecified atom stereocenters. The zero-order valence-corrected chi connectivity index (χ0v) is 12.0. The Labute approximate surface area is 123 Å². The Kier molecular flexibility index (Phi) is 4.52. The molecule has 5 nitrogen and oxygen atoms in total. The number of imide groups is 1. The maximum absolute atomic E-state index is 11.9. The third-order valence-corrected chi connectivity index (χ3v) is 3.34. The van der Waals surface area contributed by atoms with Crippen molar-refractivity contribution in [1.82, 2.24) is 0 Å². The summed E-state index contributed by atoms with van der Waals surface area (Å²) in [5.74, 6) is -1.31. The first kappa shape index (κ1) is 15.0. The molecule has 0 bridgehead atoms. The van der Waals surface area contributed by atoms with Crippen molar-refractivity contribution in [2.75, 3.05) is 11.5 Å². The van der Waals surface area contributed by atoms with Crippen LogP contribution in [0.25, 0.3) is 0 Å². The van der Waals surface area contributed by atoms with Crippen LogP contribution in [0.3, 0.4) is 0 Å². The smallest absolute Gasteiger partial charge is 0.313 e. The van der Waals surface area contributed by atoms with Gasteiger partial charge < -0.3 is 4.74 Å². The van der Waals surface area contributed by atoms with Crippen LogP contribution in [0.2, 0.25) is 0 Å². The van der Waals surface area contributed by atoms with Crippen LogP contribution in [0.5, 0.6) is 0 Å². The fourth-order valence-electron chi connectivity index (χ4n) is 2.29. The molecule has 0 aliphatic carbocycles. The largest absolute Gasteiger partial charge is 0.466 e. The van der Waals surface area contributed by atoms with Gasteiger partial charge in [-0.3, -0.25) is 14.4 Å². The second-order valence-electron chi connectivity index (χ2n) is 4.65. The van der Waals surface area contributed by atoms with Crippen molar-refractivity contribution in [3.8, 4) is 0 Å². The summed E-state index contributed by atoms with van der Waals surface area (Å²) in [6.45, 7) is 4.02. The van der Waals surface area contributed by atoms with Crippen LogP contribution in [-0.4, -0.2) is 24.4 Å². The normalized spacial score (nSPS) is 15.4. The summed E-state index contributed by atoms with van der Waals surface area (Å²) in [5, 5.41) is 0. The zero-order chi connectivity index (χ0) is 15.4. The van der Waals surface area contributed by atoms with E-state index in [1.165, 1.54) is 12.2 Å². The van der Waals surface area contributed by atoms with Crippen LogP contribution in [0.15, 0.2) is 36.4 Å². The molecule has 21 heavy (non-hydrogen) atoms. The van der Waals surface area contributed by atoms with E-state index in [0.29, 0.717) is 18.7 Å². The molecule has 0 N–H and O–H groups in total. The summed E-state index contributed by atoms with van der Waals surface area (Å²) in [7, 11) is 0. The molecule has 1 aliphatic rings. The number of rotatable bonds is 5. The first-order valence-corrected chi connectivity index (χ1v) is 6.91. The van der Waals surface area contributed by atoms with Crippen LogP contribution in [-0.2, 0) is 19.1 Å². The molecule has 110 valence electrons. The van der Waals surface area contributed by atoms with E-state index in [4.69, 9.17) is 4.74 Å². The van der Waals surface area contributed by atoms with Crippen LogP contribution >= 0.6 is 0 Å². The summed E-state index contributed by atoms with van der Waals surface area (Å²) >= 11 is 0. The fourth-order valence-corrected chi connectivity index (χ4v) is 2.29. The lowest BCUT2D eigenvalue weighted by atomic mass is 9.96. The summed E-state index contributed by atoms with van der Waals surface area (Å²) < 4.78 is 5.05. The van der Waals surface area contributed by atoms with Crippen LogP contribution in [0, 0.1) is 0 Å². The van der Waals surface area contributed by atoms with Gasteiger partial charge in [0.2, 0.25) is 0 Å². The molecule has 1 aromatic rings. The van der Waals surface area contributed by atoms with Gasteiger partial charge in [0.05, 0.1) is 18.2 Å². The Balaban J connectivity index is 2.20. The van der Waals surface area contributed by atoms with E-state index in [1.54, 1.807) is 31.2 Å². The van der Waals surface area contributed by atoms with Gasteiger partial charge in [0.15, 0.2) is 0 Å². The van der Waals surface area contributed by atoms with Gasteiger partial charge in [0.25, 0.3) is 11.8 Å². The van der Waals surface area contributed by atoms with Crippen LogP contribution < -0.4 is 4.90 Å². The first-order valence-electron chi connectivity index (χ1n) is 6.91. The zero-order valence-electron chi connectivity index (χ0n) is 12.0. The van der Waals surface area contributed by atoms with E-state index in [2.05, 4.69) is 0 Å². The standard InChI is InChI=1S/C16H17NO4/c1-3-13(16(20)21-4-2)11-5-7-12(8-6-11)17-14(18)9-10-15(17)19/h5-10,13H,3-4H2,1-2H3. The first-order chi connectivity index (χ1) is 10.1. The Morgan fingerprint density at radius 1 is 1.10 bits per heavy atom. The highest BCUT2D eigenvalue weighted by Crippen LogP contribution is 2.25. The molecule has 0 saturated heterocycles. The minimum atomic E-state index is -0.356. The molecule has 0 saturated carbocycles. The van der Waals surface area contributed by atoms with Crippen molar-refractivity contribution >= 4 is 23.5 Å². The predicted octanol–water partition coefficient (Wildman–Crippen LogP) is 2.17. The Morgan fingerprint density at radius 3 is 2.14 bits per heavy atom. The van der Waals surface area contributed by atoms with Crippen molar-refractivity contribution in [3.63, 3.8) is 0 Å². The second-order valence-corrected chi connectivity index (χ2v) is 4.65. The number of carbonyl (C=O) groups excluding carboxylic acids is 3. The SMILES string of the molecule is CCOC(=O)C(CC)c1ccc(N2C(=O)C=CC2=O)cc1. The lowest BCUT2D eigenvalue weighted by Gasteiger charge is -2.17. The number of hydrogen-bond donors (Lipinski definition) is 0. The number of benzene rings is 1. The monoisotopic (exact) mass is 287 g/mol. The molecule has 0 aromatic heterocycles. The number of amides is 2. The molecule has 1 aromatic carbocycles. The minimum absolute atomic E-state index is 0.261. The molecular weight excluding hydrogens is 270 g/mol. The van der Waals surface area contributed by atoms with Gasteiger partial charge in [-0.15, -0.1) is 0 Å². The van der Waals surface area contributed by atoms with Gasteiger partial charge in [-0.05, 0) is 31.0 Å². The van der Waals surface area contributed by atoms with Crippen LogP contribution in [0.4, 0.5) is 5.69 Å². The van der Waals surface area contributed by atoms with Crippen LogP contribution in [0.1, 0.15) is 31.7 Å². The molecule has 1 heterocycles. The molecule has 2 rings (SSSR count). The maximum Gasteiger partial charge on any atom is 0.313 e. The summed E-state index contributed by atoms with van der Waals surface area (Å²) in [6.07, 6.45) is 3.11. The highest BCUT2D eigenvalue weighted by Gasteiger charge is 2.26. The Bertz CT molecular complexity index is 571. The number of esters is 1. The van der Waals surface area contributed by atoms with E-state index in [0.717, 1.165) is 10.5 Å². The van der Waals surface area contributed by atoms with Gasteiger partial charge in [0.1, 0.15) is 0 Å². The molecule has 5 heteroatoms. The molecule has 0 radical (unpaired) electrons. The molecule has 0 spiro atoms. The Hall–Kier alpha value is -2.43. The minimum Gasteiger partial charge on any atom is -0.466 e. The van der Waals surface area contributed by atoms with Crippen molar-refractivity contribution in [3.05, 3.63) is 42.0 Å². The average Bonchev–Trinajstić information content (AvgIpc) is 2.80. The quantitative estimate of drug-likeness (QED) is 0.615. The second kappa shape index (κ2) is 6.35. The number of ether oxygens (including phenoxy) is 1. The van der Waals surface area contributed by atoms with E-state index in [-0.39, 0.29) is 23.7 Å². The van der Waals surface area contributed by atoms with E-state index >= 15 is 0 Å². The fraction of sp³-hybridized carbons (Fsp3) is 0.312. The summed E-state index contributed by atoms with van der Waals surface area (Å²) in [5.41, 5.74) is 1.31. The van der Waals surface area contributed by atoms with Crippen molar-refractivity contribution in [1.29, 1.82) is 0 Å². The summed E-state index contributed by atoms with van der Waals surface area (Å²) in [6, 6.07) is 6.83. The van der Waals surface area contributed by atoms with E-state index < -0.39 is 0 Å². The molecule has 1 atom stereocenters. The lowest BCUT2D eigenvalue weighted by Crippen LogP contribution is -2.29. The number of hydrogen-bond acceptors (Lipinski definition) is 4. The summed E-state index contributed by atoms with van der Waals surface area (Å²) in [4.78, 5) is 36.2. The van der Waals surface area contributed by atoms with E-state index in [9.17, 15) is 14.4 Å². The maximum atomic E-state index is 11.9. The van der Waals surface area contributed by atoms with Crippen molar-refractivity contribution < 1.29 is 19.1 Å². The number of nitrogens with zero attached hydrogens (tertiary/aromatic N) is 1. The highest BCUT2D eigenvalue weighted by atomic mass is 16.5. The van der Waals surface area contributed by atoms with Gasteiger partial charge >= 0.3 is 5.97 Å². The Morgan fingerprint density at radius 2 is 1.67 bits per heavy atom. The van der Waals surface area contributed by atoms with Gasteiger partial charge in [-0.25, -0.2) is 4.90 Å². The molecule has 0 fully saturated rings. The lowest BCUT2D eigenvalue weighted by molar-refractivity contribution is -0.145. The third kappa shape index (κ3) is 3.02. The molecule has 2 amide bonds. The topological polar surface area (TPSA) is 63.7 Å². The van der Waals surface area contributed by atoms with Crippen molar-refractivity contribution in [2.24, 2.45) is 0 Å². The third-order valence-electron chi connectivity index (χ3n) is 3.34. The van der Waals surface area contributed by atoms with Gasteiger partial charge in [-0.1, -0.05) is 19.1 Å². The van der Waals surface area contributed by atoms with Gasteiger partial charge in [0, 0.05) is 12.2 Å².